The van der Waals surface area contributed by atoms with Gasteiger partial charge in [0, 0.05) is 12.0 Å². The molecule has 0 amide bonds. The van der Waals surface area contributed by atoms with Gasteiger partial charge in [-0.05, 0) is 49.7 Å². The number of rotatable bonds is 3. The summed E-state index contributed by atoms with van der Waals surface area (Å²) < 4.78 is 18.5. The highest BCUT2D eigenvalue weighted by Gasteiger charge is 2.20. The fourth-order valence-electron chi connectivity index (χ4n) is 2.06. The maximum absolute atomic E-state index is 13.3. The predicted octanol–water partition coefficient (Wildman–Crippen LogP) is 1.95. The van der Waals surface area contributed by atoms with E-state index in [1.807, 2.05) is 13.0 Å². The lowest BCUT2D eigenvalue weighted by atomic mass is 10.00. The van der Waals surface area contributed by atoms with Crippen molar-refractivity contribution in [2.45, 2.75) is 13.3 Å². The van der Waals surface area contributed by atoms with E-state index in [2.05, 4.69) is 15.5 Å². The van der Waals surface area contributed by atoms with Crippen LogP contribution in [0.25, 0.3) is 11.4 Å². The van der Waals surface area contributed by atoms with Crippen molar-refractivity contribution in [3.05, 3.63) is 35.5 Å². The number of hydrogen-bond acceptors (Lipinski definition) is 4. The van der Waals surface area contributed by atoms with Crippen LogP contribution >= 0.6 is 0 Å². The molecule has 4 nitrogen and oxygen atoms in total. The van der Waals surface area contributed by atoms with Gasteiger partial charge >= 0.3 is 0 Å². The second-order valence-electron chi connectivity index (χ2n) is 4.76. The molecule has 0 atom stereocenters. The third-order valence-electron chi connectivity index (χ3n) is 3.10. The quantitative estimate of drug-likeness (QED) is 0.900. The van der Waals surface area contributed by atoms with Crippen molar-refractivity contribution in [1.29, 1.82) is 0 Å². The monoisotopic (exact) mass is 247 g/mol. The Morgan fingerprint density at radius 2 is 2.22 bits per heavy atom. The van der Waals surface area contributed by atoms with Crippen LogP contribution in [0.4, 0.5) is 4.39 Å². The molecule has 5 heteroatoms. The molecular formula is C13H14FN3O. The van der Waals surface area contributed by atoms with Crippen LogP contribution in [-0.4, -0.2) is 23.2 Å². The molecule has 2 aromatic rings. The Balaban J connectivity index is 1.82. The van der Waals surface area contributed by atoms with E-state index in [1.54, 1.807) is 0 Å². The van der Waals surface area contributed by atoms with Crippen molar-refractivity contribution >= 4 is 0 Å². The van der Waals surface area contributed by atoms with Crippen molar-refractivity contribution in [3.63, 3.8) is 0 Å². The van der Waals surface area contributed by atoms with Gasteiger partial charge in [0.15, 0.2) is 0 Å². The number of nitrogens with zero attached hydrogens (tertiary/aromatic N) is 2. The minimum atomic E-state index is -0.278. The molecule has 94 valence electrons. The average molecular weight is 247 g/mol. The van der Waals surface area contributed by atoms with Crippen molar-refractivity contribution in [1.82, 2.24) is 15.5 Å². The summed E-state index contributed by atoms with van der Waals surface area (Å²) in [6, 6.07) is 4.75. The van der Waals surface area contributed by atoms with Crippen molar-refractivity contribution < 1.29 is 8.91 Å². The molecule has 3 rings (SSSR count). The normalized spacial score (nSPS) is 15.7. The SMILES string of the molecule is Cc1cc(F)cc(-c2noc(CC3CNC3)n2)c1. The van der Waals surface area contributed by atoms with Crippen LogP contribution in [-0.2, 0) is 6.42 Å². The smallest absolute Gasteiger partial charge is 0.227 e. The number of aromatic nitrogens is 2. The van der Waals surface area contributed by atoms with Crippen molar-refractivity contribution in [2.24, 2.45) is 5.92 Å². The Kier molecular flexibility index (Phi) is 2.83. The molecule has 0 spiro atoms. The molecule has 1 aliphatic heterocycles. The van der Waals surface area contributed by atoms with Crippen LogP contribution < -0.4 is 5.32 Å². The lowest BCUT2D eigenvalue weighted by Gasteiger charge is -2.25. The number of benzene rings is 1. The molecule has 1 aromatic heterocycles. The molecule has 1 fully saturated rings. The fraction of sp³-hybridized carbons (Fsp3) is 0.385. The summed E-state index contributed by atoms with van der Waals surface area (Å²) >= 11 is 0. The van der Waals surface area contributed by atoms with Crippen molar-refractivity contribution in [2.75, 3.05) is 13.1 Å². The van der Waals surface area contributed by atoms with Gasteiger partial charge in [0.05, 0.1) is 0 Å². The molecule has 1 saturated heterocycles. The van der Waals surface area contributed by atoms with Crippen LogP contribution in [0.2, 0.25) is 0 Å². The van der Waals surface area contributed by atoms with E-state index >= 15 is 0 Å². The third kappa shape index (κ3) is 2.26. The molecule has 1 N–H and O–H groups in total. The Labute approximate surface area is 104 Å². The zero-order valence-corrected chi connectivity index (χ0v) is 10.1. The summed E-state index contributed by atoms with van der Waals surface area (Å²) in [6.45, 7) is 3.83. The van der Waals surface area contributed by atoms with Gasteiger partial charge in [-0.15, -0.1) is 0 Å². The molecule has 0 bridgehead atoms. The van der Waals surface area contributed by atoms with E-state index in [4.69, 9.17) is 4.52 Å². The van der Waals surface area contributed by atoms with E-state index in [-0.39, 0.29) is 5.82 Å². The second-order valence-corrected chi connectivity index (χ2v) is 4.76. The summed E-state index contributed by atoms with van der Waals surface area (Å²) in [7, 11) is 0. The first-order valence-corrected chi connectivity index (χ1v) is 6.01. The fourth-order valence-corrected chi connectivity index (χ4v) is 2.06. The minimum absolute atomic E-state index is 0.278. The summed E-state index contributed by atoms with van der Waals surface area (Å²) in [5, 5.41) is 7.10. The standard InChI is InChI=1S/C13H14FN3O/c1-8-2-10(5-11(14)3-8)13-16-12(18-17-13)4-9-6-15-7-9/h2-3,5,9,15H,4,6-7H2,1H3. The molecule has 18 heavy (non-hydrogen) atoms. The molecule has 1 aliphatic rings. The van der Waals surface area contributed by atoms with E-state index in [0.717, 1.165) is 25.1 Å². The van der Waals surface area contributed by atoms with Crippen LogP contribution in [0.15, 0.2) is 22.7 Å². The van der Waals surface area contributed by atoms with Gasteiger partial charge in [0.2, 0.25) is 11.7 Å². The van der Waals surface area contributed by atoms with Crippen LogP contribution in [0, 0.1) is 18.7 Å². The first-order chi connectivity index (χ1) is 8.70. The van der Waals surface area contributed by atoms with Crippen LogP contribution in [0.5, 0.6) is 0 Å². The average Bonchev–Trinajstić information content (AvgIpc) is 2.70. The molecular weight excluding hydrogens is 233 g/mol. The first-order valence-electron chi connectivity index (χ1n) is 6.01. The topological polar surface area (TPSA) is 51.0 Å². The Morgan fingerprint density at radius 3 is 2.89 bits per heavy atom. The number of nitrogens with one attached hydrogen (secondary N) is 1. The summed E-state index contributed by atoms with van der Waals surface area (Å²) in [4.78, 5) is 4.31. The highest BCUT2D eigenvalue weighted by atomic mass is 19.1. The second kappa shape index (κ2) is 4.49. The molecule has 0 radical (unpaired) electrons. The predicted molar refractivity (Wildman–Crippen MR) is 64.5 cm³/mol. The van der Waals surface area contributed by atoms with Gasteiger partial charge in [-0.1, -0.05) is 5.16 Å². The lowest BCUT2D eigenvalue weighted by Crippen LogP contribution is -2.43. The lowest BCUT2D eigenvalue weighted by molar-refractivity contribution is 0.296. The van der Waals surface area contributed by atoms with E-state index in [9.17, 15) is 4.39 Å². The van der Waals surface area contributed by atoms with Crippen LogP contribution in [0.3, 0.4) is 0 Å². The highest BCUT2D eigenvalue weighted by molar-refractivity contribution is 5.55. The third-order valence-corrected chi connectivity index (χ3v) is 3.10. The van der Waals surface area contributed by atoms with Gasteiger partial charge in [-0.25, -0.2) is 4.39 Å². The number of aryl methyl sites for hydroxylation is 1. The summed E-state index contributed by atoms with van der Waals surface area (Å²) in [5.74, 6) is 1.38. The van der Waals surface area contributed by atoms with Crippen LogP contribution in [0.1, 0.15) is 11.5 Å². The zero-order valence-electron chi connectivity index (χ0n) is 10.1. The zero-order chi connectivity index (χ0) is 12.5. The highest BCUT2D eigenvalue weighted by Crippen LogP contribution is 2.20. The Bertz CT molecular complexity index is 543. The van der Waals surface area contributed by atoms with Gasteiger partial charge in [0.1, 0.15) is 5.82 Å². The summed E-state index contributed by atoms with van der Waals surface area (Å²) in [6.07, 6.45) is 0.786. The van der Waals surface area contributed by atoms with E-state index < -0.39 is 0 Å². The van der Waals surface area contributed by atoms with Gasteiger partial charge in [-0.3, -0.25) is 0 Å². The van der Waals surface area contributed by atoms with Gasteiger partial charge < -0.3 is 9.84 Å². The first kappa shape index (κ1) is 11.3. The van der Waals surface area contributed by atoms with Gasteiger partial charge in [-0.2, -0.15) is 4.98 Å². The molecule has 1 aromatic carbocycles. The molecule has 0 saturated carbocycles. The minimum Gasteiger partial charge on any atom is -0.339 e. The maximum Gasteiger partial charge on any atom is 0.227 e. The van der Waals surface area contributed by atoms with E-state index in [0.29, 0.717) is 23.2 Å². The Morgan fingerprint density at radius 1 is 1.39 bits per heavy atom. The molecule has 0 unspecified atom stereocenters. The summed E-state index contributed by atoms with van der Waals surface area (Å²) in [5.41, 5.74) is 1.51. The Hall–Kier alpha value is -1.75. The number of hydrogen-bond donors (Lipinski definition) is 1. The van der Waals surface area contributed by atoms with E-state index in [1.165, 1.54) is 12.1 Å². The van der Waals surface area contributed by atoms with Crippen molar-refractivity contribution in [3.8, 4) is 11.4 Å². The van der Waals surface area contributed by atoms with Gasteiger partial charge in [0.25, 0.3) is 0 Å². The maximum atomic E-state index is 13.3. The molecule has 2 heterocycles. The largest absolute Gasteiger partial charge is 0.339 e. The number of halogens is 1. The molecule has 0 aliphatic carbocycles.